The van der Waals surface area contributed by atoms with Gasteiger partial charge in [0.05, 0.1) is 13.2 Å². The molecule has 0 unspecified atom stereocenters. The lowest BCUT2D eigenvalue weighted by molar-refractivity contribution is 0.0219. The second-order valence-corrected chi connectivity index (χ2v) is 2.60. The molecule has 0 aromatic heterocycles. The second kappa shape index (κ2) is 4.33. The zero-order valence-corrected chi connectivity index (χ0v) is 7.41. The lowest BCUT2D eigenvalue weighted by atomic mass is 10.2. The Kier molecular flexibility index (Phi) is 3.37. The molecule has 1 fully saturated rings. The summed E-state index contributed by atoms with van der Waals surface area (Å²) in [6.45, 7) is 4.55. The predicted octanol–water partition coefficient (Wildman–Crippen LogP) is 0.534. The molecule has 4 heteroatoms. The zero-order chi connectivity index (χ0) is 8.97. The molecule has 0 amide bonds. The molecule has 4 nitrogen and oxygen atoms in total. The smallest absolute Gasteiger partial charge is 0.272 e. The Morgan fingerprint density at radius 2 is 1.58 bits per heavy atom. The van der Waals surface area contributed by atoms with E-state index in [1.165, 1.54) is 0 Å². The van der Waals surface area contributed by atoms with Crippen molar-refractivity contribution >= 4 is 0 Å². The van der Waals surface area contributed by atoms with Gasteiger partial charge in [0.1, 0.15) is 0 Å². The van der Waals surface area contributed by atoms with Crippen LogP contribution >= 0.6 is 0 Å². The monoisotopic (exact) mass is 174 g/mol. The highest BCUT2D eigenvalue weighted by Crippen LogP contribution is 2.20. The summed E-state index contributed by atoms with van der Waals surface area (Å²) in [5.41, 5.74) is 0. The predicted molar refractivity (Wildman–Crippen MR) is 42.6 cm³/mol. The molecule has 1 heterocycles. The molecule has 0 aliphatic carbocycles. The lowest BCUT2D eigenvalue weighted by Gasteiger charge is -2.13. The average molecular weight is 174 g/mol. The van der Waals surface area contributed by atoms with Crippen LogP contribution in [0.4, 0.5) is 0 Å². The fourth-order valence-electron chi connectivity index (χ4n) is 1.13. The van der Waals surface area contributed by atoms with Gasteiger partial charge in [-0.25, -0.2) is 0 Å². The van der Waals surface area contributed by atoms with Crippen molar-refractivity contribution in [1.29, 1.82) is 0 Å². The highest BCUT2D eigenvalue weighted by Gasteiger charge is 2.32. The standard InChI is InChI=1S/C8H14O4/c1-6-11-7(4-9-2)8(12-6)5-10-3/h7-8H,1,4-5H2,2-3H3/t7-,8-/m0/s1. The molecule has 1 rings (SSSR count). The first kappa shape index (κ1) is 9.35. The first-order valence-electron chi connectivity index (χ1n) is 3.78. The summed E-state index contributed by atoms with van der Waals surface area (Å²) in [7, 11) is 3.24. The van der Waals surface area contributed by atoms with Crippen LogP contribution in [-0.4, -0.2) is 39.6 Å². The molecule has 0 aromatic carbocycles. The van der Waals surface area contributed by atoms with Crippen molar-refractivity contribution in [3.05, 3.63) is 12.5 Å². The van der Waals surface area contributed by atoms with Crippen molar-refractivity contribution in [3.8, 4) is 0 Å². The number of methoxy groups -OCH3 is 2. The molecule has 0 saturated carbocycles. The van der Waals surface area contributed by atoms with E-state index in [0.29, 0.717) is 19.2 Å². The van der Waals surface area contributed by atoms with Crippen LogP contribution in [0.15, 0.2) is 12.5 Å². The van der Waals surface area contributed by atoms with Crippen LogP contribution in [0.25, 0.3) is 0 Å². The molecule has 0 bridgehead atoms. The van der Waals surface area contributed by atoms with Crippen LogP contribution < -0.4 is 0 Å². The van der Waals surface area contributed by atoms with E-state index in [-0.39, 0.29) is 12.2 Å². The highest BCUT2D eigenvalue weighted by molar-refractivity contribution is 4.87. The first-order chi connectivity index (χ1) is 5.77. The molecule has 1 aliphatic heterocycles. The van der Waals surface area contributed by atoms with Crippen molar-refractivity contribution in [1.82, 2.24) is 0 Å². The highest BCUT2D eigenvalue weighted by atomic mass is 16.7. The largest absolute Gasteiger partial charge is 0.456 e. The molecule has 0 spiro atoms. The molecular weight excluding hydrogens is 160 g/mol. The average Bonchev–Trinajstić information content (AvgIpc) is 2.33. The number of rotatable bonds is 4. The minimum absolute atomic E-state index is 0.0950. The van der Waals surface area contributed by atoms with E-state index in [9.17, 15) is 0 Å². The molecule has 0 aromatic rings. The summed E-state index contributed by atoms with van der Waals surface area (Å²) in [6.07, 6.45) is -0.190. The Bertz CT molecular complexity index is 141. The summed E-state index contributed by atoms with van der Waals surface area (Å²) in [4.78, 5) is 0. The zero-order valence-electron chi connectivity index (χ0n) is 7.41. The Hall–Kier alpha value is -0.740. The topological polar surface area (TPSA) is 36.9 Å². The molecule has 2 atom stereocenters. The lowest BCUT2D eigenvalue weighted by Crippen LogP contribution is -2.30. The third-order valence-corrected chi connectivity index (χ3v) is 1.64. The van der Waals surface area contributed by atoms with Crippen molar-refractivity contribution in [2.45, 2.75) is 12.2 Å². The van der Waals surface area contributed by atoms with Gasteiger partial charge in [0.15, 0.2) is 12.2 Å². The maximum atomic E-state index is 5.25. The molecule has 0 radical (unpaired) electrons. The minimum Gasteiger partial charge on any atom is -0.456 e. The van der Waals surface area contributed by atoms with Gasteiger partial charge in [-0.2, -0.15) is 0 Å². The van der Waals surface area contributed by atoms with Gasteiger partial charge in [-0.15, -0.1) is 0 Å². The SMILES string of the molecule is C=C1O[C@@H](COC)[C@H](COC)O1. The molecule has 0 N–H and O–H groups in total. The number of ether oxygens (including phenoxy) is 4. The third-order valence-electron chi connectivity index (χ3n) is 1.64. The Morgan fingerprint density at radius 3 is 1.92 bits per heavy atom. The van der Waals surface area contributed by atoms with E-state index in [4.69, 9.17) is 18.9 Å². The fourth-order valence-corrected chi connectivity index (χ4v) is 1.13. The van der Waals surface area contributed by atoms with Gasteiger partial charge in [-0.3, -0.25) is 0 Å². The normalized spacial score (nSPS) is 28.3. The Balaban J connectivity index is 2.41. The van der Waals surface area contributed by atoms with E-state index < -0.39 is 0 Å². The van der Waals surface area contributed by atoms with Crippen LogP contribution in [0, 0.1) is 0 Å². The number of hydrogen-bond acceptors (Lipinski definition) is 4. The minimum atomic E-state index is -0.0950. The van der Waals surface area contributed by atoms with Crippen LogP contribution in [0.2, 0.25) is 0 Å². The molecule has 1 saturated heterocycles. The van der Waals surface area contributed by atoms with Crippen LogP contribution in [0.5, 0.6) is 0 Å². The van der Waals surface area contributed by atoms with E-state index >= 15 is 0 Å². The van der Waals surface area contributed by atoms with Gasteiger partial charge in [0.25, 0.3) is 5.95 Å². The van der Waals surface area contributed by atoms with E-state index in [1.54, 1.807) is 14.2 Å². The van der Waals surface area contributed by atoms with Crippen LogP contribution in [0.3, 0.4) is 0 Å². The van der Waals surface area contributed by atoms with Crippen molar-refractivity contribution in [3.63, 3.8) is 0 Å². The number of hydrogen-bond donors (Lipinski definition) is 0. The van der Waals surface area contributed by atoms with E-state index in [1.807, 2.05) is 0 Å². The maximum Gasteiger partial charge on any atom is 0.272 e. The molecule has 12 heavy (non-hydrogen) atoms. The van der Waals surface area contributed by atoms with E-state index in [2.05, 4.69) is 6.58 Å². The Morgan fingerprint density at radius 1 is 1.17 bits per heavy atom. The Labute approximate surface area is 72.1 Å². The van der Waals surface area contributed by atoms with Crippen LogP contribution in [-0.2, 0) is 18.9 Å². The molecule has 70 valence electrons. The fraction of sp³-hybridized carbons (Fsp3) is 0.750. The van der Waals surface area contributed by atoms with Crippen molar-refractivity contribution in [2.75, 3.05) is 27.4 Å². The van der Waals surface area contributed by atoms with Crippen molar-refractivity contribution in [2.24, 2.45) is 0 Å². The van der Waals surface area contributed by atoms with Gasteiger partial charge in [-0.05, 0) is 6.58 Å². The van der Waals surface area contributed by atoms with Gasteiger partial charge < -0.3 is 18.9 Å². The van der Waals surface area contributed by atoms with E-state index in [0.717, 1.165) is 0 Å². The van der Waals surface area contributed by atoms with Gasteiger partial charge in [0, 0.05) is 14.2 Å². The maximum absolute atomic E-state index is 5.25. The molecular formula is C8H14O4. The summed E-state index contributed by atoms with van der Waals surface area (Å²) in [5, 5.41) is 0. The summed E-state index contributed by atoms with van der Waals surface area (Å²) >= 11 is 0. The first-order valence-corrected chi connectivity index (χ1v) is 3.78. The van der Waals surface area contributed by atoms with Crippen molar-refractivity contribution < 1.29 is 18.9 Å². The quantitative estimate of drug-likeness (QED) is 0.623. The summed E-state index contributed by atoms with van der Waals surface area (Å²) in [5.74, 6) is 0.346. The van der Waals surface area contributed by atoms with Gasteiger partial charge in [-0.1, -0.05) is 0 Å². The van der Waals surface area contributed by atoms with Crippen LogP contribution in [0.1, 0.15) is 0 Å². The van der Waals surface area contributed by atoms with Gasteiger partial charge in [0.2, 0.25) is 0 Å². The van der Waals surface area contributed by atoms with Gasteiger partial charge >= 0.3 is 0 Å². The summed E-state index contributed by atoms with van der Waals surface area (Å²) < 4.78 is 20.4. The third kappa shape index (κ3) is 2.12. The molecule has 1 aliphatic rings. The second-order valence-electron chi connectivity index (χ2n) is 2.60. The summed E-state index contributed by atoms with van der Waals surface area (Å²) in [6, 6.07) is 0.